The highest BCUT2D eigenvalue weighted by Gasteiger charge is 2.65. The van der Waals surface area contributed by atoms with Gasteiger partial charge in [0.1, 0.15) is 5.60 Å². The minimum atomic E-state index is -1.17. The van der Waals surface area contributed by atoms with Gasteiger partial charge in [-0.25, -0.2) is 0 Å². The molecule has 0 aromatic carbocycles. The zero-order chi connectivity index (χ0) is 16.9. The van der Waals surface area contributed by atoms with Gasteiger partial charge in [-0.2, -0.15) is 0 Å². The van der Waals surface area contributed by atoms with E-state index in [1.54, 1.807) is 6.08 Å². The molecule has 0 aromatic rings. The van der Waals surface area contributed by atoms with Gasteiger partial charge in [-0.1, -0.05) is 37.6 Å². The quantitative estimate of drug-likeness (QED) is 0.708. The van der Waals surface area contributed by atoms with E-state index in [2.05, 4.69) is 19.9 Å². The molecule has 3 heterocycles. The molecule has 3 aliphatic carbocycles. The Bertz CT molecular complexity index is 708. The molecule has 3 aliphatic heterocycles. The third-order valence-corrected chi connectivity index (χ3v) is 7.41. The van der Waals surface area contributed by atoms with E-state index in [4.69, 9.17) is 4.74 Å². The van der Waals surface area contributed by atoms with Crippen LogP contribution in [-0.4, -0.2) is 41.6 Å². The predicted molar refractivity (Wildman–Crippen MR) is 83.4 cm³/mol. The van der Waals surface area contributed by atoms with Crippen molar-refractivity contribution in [1.82, 2.24) is 4.90 Å². The normalized spacial score (nSPS) is 46.8. The van der Waals surface area contributed by atoms with Crippen molar-refractivity contribution in [2.24, 2.45) is 29.1 Å². The van der Waals surface area contributed by atoms with E-state index in [-0.39, 0.29) is 5.91 Å². The number of carboxylic acid groups (broad SMARTS) is 1. The third-order valence-electron chi connectivity index (χ3n) is 7.41. The molecule has 1 spiro atoms. The SMILES string of the molecule is CC1(C)[C@H]2CC=C(CN3C[C@@]45C=C[C@H](O4)[C@@H](C(=O)[O-])[C@@H]5C3=O)[C@@H]1C2. The fourth-order valence-corrected chi connectivity index (χ4v) is 5.86. The van der Waals surface area contributed by atoms with Crippen molar-refractivity contribution in [2.75, 3.05) is 13.1 Å². The molecule has 3 fully saturated rings. The summed E-state index contributed by atoms with van der Waals surface area (Å²) in [6.45, 7) is 5.70. The Balaban J connectivity index is 1.40. The maximum Gasteiger partial charge on any atom is 0.230 e. The van der Waals surface area contributed by atoms with Gasteiger partial charge in [0, 0.05) is 18.4 Å². The van der Waals surface area contributed by atoms with Crippen molar-refractivity contribution < 1.29 is 19.4 Å². The zero-order valence-corrected chi connectivity index (χ0v) is 14.0. The Kier molecular flexibility index (Phi) is 2.64. The number of carboxylic acids is 1. The van der Waals surface area contributed by atoms with Crippen molar-refractivity contribution in [3.8, 4) is 0 Å². The molecule has 6 aliphatic rings. The highest BCUT2D eigenvalue weighted by molar-refractivity contribution is 5.90. The number of carbonyl (C=O) groups is 2. The average Bonchev–Trinajstić information content (AvgIpc) is 3.16. The van der Waals surface area contributed by atoms with E-state index in [0.717, 1.165) is 12.3 Å². The molecule has 0 radical (unpaired) electrons. The molecule has 0 N–H and O–H groups in total. The van der Waals surface area contributed by atoms with Gasteiger partial charge in [0.15, 0.2) is 0 Å². The van der Waals surface area contributed by atoms with Crippen molar-refractivity contribution in [1.29, 1.82) is 0 Å². The lowest BCUT2D eigenvalue weighted by molar-refractivity contribution is -0.313. The molecule has 128 valence electrons. The van der Waals surface area contributed by atoms with Crippen molar-refractivity contribution >= 4 is 11.9 Å². The number of aliphatic carboxylic acids is 1. The standard InChI is InChI=1S/C19H23NO4/c1-18(2)11-4-3-10(12(18)7-11)8-20-9-19-6-5-13(24-19)14(17(22)23)15(19)16(20)21/h3,5-6,11-15H,4,7-9H2,1-2H3,(H,22,23)/p-1/t11-,12-,13-,14+,15+,19+/m0/s1. The molecule has 5 nitrogen and oxygen atoms in total. The number of hydrogen-bond acceptors (Lipinski definition) is 4. The summed E-state index contributed by atoms with van der Waals surface area (Å²) in [6.07, 6.45) is 7.79. The number of rotatable bonds is 3. The minimum Gasteiger partial charge on any atom is -0.550 e. The summed E-state index contributed by atoms with van der Waals surface area (Å²) >= 11 is 0. The Morgan fingerprint density at radius 3 is 2.92 bits per heavy atom. The smallest absolute Gasteiger partial charge is 0.230 e. The number of carbonyl (C=O) groups excluding carboxylic acids is 2. The monoisotopic (exact) mass is 328 g/mol. The summed E-state index contributed by atoms with van der Waals surface area (Å²) in [5, 5.41) is 11.5. The Labute approximate surface area is 141 Å². The lowest BCUT2D eigenvalue weighted by Crippen LogP contribution is -2.50. The maximum absolute atomic E-state index is 12.9. The molecule has 6 atom stereocenters. The molecule has 0 aromatic heterocycles. The highest BCUT2D eigenvalue weighted by atomic mass is 16.5. The van der Waals surface area contributed by atoms with Gasteiger partial charge in [-0.05, 0) is 30.1 Å². The molecule has 5 heteroatoms. The Morgan fingerprint density at radius 1 is 1.46 bits per heavy atom. The topological polar surface area (TPSA) is 69.7 Å². The number of ether oxygens (including phenoxy) is 1. The van der Waals surface area contributed by atoms with Crippen LogP contribution in [0.1, 0.15) is 26.7 Å². The number of allylic oxidation sites excluding steroid dienone is 1. The zero-order valence-electron chi connectivity index (χ0n) is 14.0. The van der Waals surface area contributed by atoms with E-state index in [9.17, 15) is 14.7 Å². The highest BCUT2D eigenvalue weighted by Crippen LogP contribution is 2.59. The fraction of sp³-hybridized carbons (Fsp3) is 0.684. The molecular weight excluding hydrogens is 306 g/mol. The van der Waals surface area contributed by atoms with Crippen molar-refractivity contribution in [2.45, 2.75) is 38.4 Å². The first-order chi connectivity index (χ1) is 11.3. The Hall–Kier alpha value is -1.62. The van der Waals surface area contributed by atoms with Crippen molar-refractivity contribution in [3.05, 3.63) is 23.8 Å². The van der Waals surface area contributed by atoms with E-state index in [0.29, 0.717) is 24.4 Å². The van der Waals surface area contributed by atoms with Crippen LogP contribution in [0.2, 0.25) is 0 Å². The van der Waals surface area contributed by atoms with Crippen LogP contribution in [0.25, 0.3) is 0 Å². The number of nitrogens with zero attached hydrogens (tertiary/aromatic N) is 1. The number of amides is 1. The molecule has 1 amide bonds. The van der Waals surface area contributed by atoms with E-state index >= 15 is 0 Å². The van der Waals surface area contributed by atoms with E-state index in [1.807, 2.05) is 11.0 Å². The summed E-state index contributed by atoms with van der Waals surface area (Å²) in [6, 6.07) is 0. The van der Waals surface area contributed by atoms with Crippen LogP contribution in [0.3, 0.4) is 0 Å². The second-order valence-electron chi connectivity index (χ2n) is 8.73. The van der Waals surface area contributed by atoms with Crippen LogP contribution in [0, 0.1) is 29.1 Å². The first kappa shape index (κ1) is 14.7. The summed E-state index contributed by atoms with van der Waals surface area (Å²) in [4.78, 5) is 26.3. The fourth-order valence-electron chi connectivity index (χ4n) is 5.86. The van der Waals surface area contributed by atoms with E-state index < -0.39 is 29.5 Å². The van der Waals surface area contributed by atoms with Gasteiger partial charge in [-0.3, -0.25) is 4.79 Å². The number of fused-ring (bicyclic) bond motifs is 2. The van der Waals surface area contributed by atoms with Crippen molar-refractivity contribution in [3.63, 3.8) is 0 Å². The average molecular weight is 328 g/mol. The second kappa shape index (κ2) is 4.31. The number of hydrogen-bond donors (Lipinski definition) is 0. The van der Waals surface area contributed by atoms with Gasteiger partial charge in [-0.15, -0.1) is 0 Å². The minimum absolute atomic E-state index is 0.0868. The predicted octanol–water partition coefficient (Wildman–Crippen LogP) is 0.511. The molecular formula is C19H22NO4-. The molecule has 4 bridgehead atoms. The summed E-state index contributed by atoms with van der Waals surface area (Å²) in [7, 11) is 0. The van der Waals surface area contributed by atoms with Crippen LogP contribution in [0.4, 0.5) is 0 Å². The number of likely N-dealkylation sites (tertiary alicyclic amines) is 1. The summed E-state index contributed by atoms with van der Waals surface area (Å²) in [5.41, 5.74) is 0.915. The first-order valence-corrected chi connectivity index (χ1v) is 8.89. The molecule has 24 heavy (non-hydrogen) atoms. The largest absolute Gasteiger partial charge is 0.550 e. The van der Waals surface area contributed by atoms with Crippen LogP contribution in [0.5, 0.6) is 0 Å². The Morgan fingerprint density at radius 2 is 2.25 bits per heavy atom. The summed E-state index contributed by atoms with van der Waals surface area (Å²) in [5.74, 6) is -1.42. The van der Waals surface area contributed by atoms with Crippen LogP contribution in [0.15, 0.2) is 23.8 Å². The molecule has 6 rings (SSSR count). The molecule has 0 unspecified atom stereocenters. The molecule has 2 saturated heterocycles. The van der Waals surface area contributed by atoms with Gasteiger partial charge in [0.2, 0.25) is 5.91 Å². The second-order valence-corrected chi connectivity index (χ2v) is 8.73. The lowest BCUT2D eigenvalue weighted by Gasteiger charge is -2.56. The summed E-state index contributed by atoms with van der Waals surface area (Å²) < 4.78 is 5.91. The van der Waals surface area contributed by atoms with E-state index in [1.165, 1.54) is 12.0 Å². The first-order valence-electron chi connectivity index (χ1n) is 8.89. The van der Waals surface area contributed by atoms with Crippen LogP contribution in [-0.2, 0) is 14.3 Å². The van der Waals surface area contributed by atoms with Gasteiger partial charge >= 0.3 is 0 Å². The van der Waals surface area contributed by atoms with Gasteiger partial charge < -0.3 is 19.5 Å². The molecule has 1 saturated carbocycles. The van der Waals surface area contributed by atoms with Crippen LogP contribution >= 0.6 is 0 Å². The van der Waals surface area contributed by atoms with Gasteiger partial charge in [0.25, 0.3) is 0 Å². The van der Waals surface area contributed by atoms with Crippen LogP contribution < -0.4 is 5.11 Å². The lowest BCUT2D eigenvalue weighted by atomic mass is 9.49. The maximum atomic E-state index is 12.9. The third kappa shape index (κ3) is 1.59. The van der Waals surface area contributed by atoms with Gasteiger partial charge in [0.05, 0.1) is 18.6 Å².